The number of nitrogens with one attached hydrogen (secondary N) is 1. The molecule has 94 valence electrons. The summed E-state index contributed by atoms with van der Waals surface area (Å²) in [6, 6.07) is 5.58. The summed E-state index contributed by atoms with van der Waals surface area (Å²) in [5.74, 6) is -0.0259. The van der Waals surface area contributed by atoms with Crippen LogP contribution in [0.5, 0.6) is 0 Å². The van der Waals surface area contributed by atoms with E-state index in [-0.39, 0.29) is 5.91 Å². The van der Waals surface area contributed by atoms with Crippen molar-refractivity contribution in [1.29, 1.82) is 0 Å². The zero-order chi connectivity index (χ0) is 12.7. The highest BCUT2D eigenvalue weighted by atomic mass is 16.5. The van der Waals surface area contributed by atoms with Gasteiger partial charge in [0.2, 0.25) is 5.91 Å². The molecule has 0 atom stereocenters. The van der Waals surface area contributed by atoms with E-state index in [1.165, 1.54) is 0 Å². The van der Waals surface area contributed by atoms with Gasteiger partial charge in [-0.25, -0.2) is 0 Å². The number of aryl methyl sites for hydroxylation is 1. The Bertz CT molecular complexity index is 378. The Morgan fingerprint density at radius 1 is 1.47 bits per heavy atom. The molecular weight excluding hydrogens is 216 g/mol. The van der Waals surface area contributed by atoms with Crippen LogP contribution in [0.4, 0.5) is 11.4 Å². The van der Waals surface area contributed by atoms with Gasteiger partial charge in [-0.2, -0.15) is 0 Å². The number of nitrogens with two attached hydrogens (primary N) is 1. The van der Waals surface area contributed by atoms with Crippen molar-refractivity contribution in [2.75, 3.05) is 24.3 Å². The molecule has 4 nitrogen and oxygen atoms in total. The Balaban J connectivity index is 2.42. The zero-order valence-electron chi connectivity index (χ0n) is 10.5. The van der Waals surface area contributed by atoms with Crippen LogP contribution in [0.15, 0.2) is 18.2 Å². The van der Waals surface area contributed by atoms with Gasteiger partial charge >= 0.3 is 0 Å². The topological polar surface area (TPSA) is 64.3 Å². The third kappa shape index (κ3) is 4.87. The van der Waals surface area contributed by atoms with E-state index >= 15 is 0 Å². The van der Waals surface area contributed by atoms with Crippen molar-refractivity contribution in [2.45, 2.75) is 26.7 Å². The Kier molecular flexibility index (Phi) is 5.49. The molecule has 0 saturated heterocycles. The summed E-state index contributed by atoms with van der Waals surface area (Å²) in [6.45, 7) is 5.21. The van der Waals surface area contributed by atoms with E-state index in [4.69, 9.17) is 10.5 Å². The van der Waals surface area contributed by atoms with Gasteiger partial charge in [0, 0.05) is 19.6 Å². The van der Waals surface area contributed by atoms with E-state index in [1.807, 2.05) is 26.0 Å². The molecule has 1 aromatic carbocycles. The minimum atomic E-state index is -0.0259. The van der Waals surface area contributed by atoms with Crippen LogP contribution in [0, 0.1) is 6.92 Å². The number of ether oxygens (including phenoxy) is 1. The van der Waals surface area contributed by atoms with Gasteiger partial charge in [0.05, 0.1) is 11.4 Å². The highest BCUT2D eigenvalue weighted by molar-refractivity contribution is 5.93. The maximum atomic E-state index is 11.6. The number of benzene rings is 1. The molecule has 3 N–H and O–H groups in total. The fraction of sp³-hybridized carbons (Fsp3) is 0.462. The molecule has 0 fully saturated rings. The average molecular weight is 236 g/mol. The number of hydrogen-bond donors (Lipinski definition) is 2. The second-order valence-electron chi connectivity index (χ2n) is 3.94. The van der Waals surface area contributed by atoms with Crippen LogP contribution in [0.25, 0.3) is 0 Å². The first-order valence-electron chi connectivity index (χ1n) is 5.87. The first-order chi connectivity index (χ1) is 8.13. The van der Waals surface area contributed by atoms with Crippen molar-refractivity contribution < 1.29 is 9.53 Å². The van der Waals surface area contributed by atoms with E-state index in [1.54, 1.807) is 6.07 Å². The number of carbonyl (C=O) groups is 1. The molecule has 0 aliphatic rings. The number of nitrogen functional groups attached to an aromatic ring is 1. The Hall–Kier alpha value is -1.55. The quantitative estimate of drug-likeness (QED) is 0.588. The normalized spacial score (nSPS) is 10.2. The average Bonchev–Trinajstić information content (AvgIpc) is 2.29. The summed E-state index contributed by atoms with van der Waals surface area (Å²) in [5.41, 5.74) is 8.13. The Morgan fingerprint density at radius 2 is 2.24 bits per heavy atom. The van der Waals surface area contributed by atoms with Crippen LogP contribution in [-0.4, -0.2) is 19.1 Å². The molecule has 1 rings (SSSR count). The van der Waals surface area contributed by atoms with Gasteiger partial charge in [-0.3, -0.25) is 4.79 Å². The molecule has 0 bridgehead atoms. The van der Waals surface area contributed by atoms with E-state index in [2.05, 4.69) is 5.32 Å². The molecular formula is C13H20N2O2. The van der Waals surface area contributed by atoms with E-state index < -0.39 is 0 Å². The molecule has 4 heteroatoms. The smallest absolute Gasteiger partial charge is 0.224 e. The molecule has 0 spiro atoms. The summed E-state index contributed by atoms with van der Waals surface area (Å²) < 4.78 is 5.17. The molecule has 0 aliphatic heterocycles. The van der Waals surface area contributed by atoms with Gasteiger partial charge in [-0.05, 0) is 38.0 Å². The maximum Gasteiger partial charge on any atom is 0.224 e. The van der Waals surface area contributed by atoms with Gasteiger partial charge in [0.25, 0.3) is 0 Å². The van der Waals surface area contributed by atoms with E-state index in [0.29, 0.717) is 31.0 Å². The molecule has 0 saturated carbocycles. The first-order valence-corrected chi connectivity index (χ1v) is 5.87. The van der Waals surface area contributed by atoms with Crippen LogP contribution in [0.2, 0.25) is 0 Å². The minimum Gasteiger partial charge on any atom is -0.397 e. The molecule has 0 aliphatic carbocycles. The molecule has 1 amide bonds. The monoisotopic (exact) mass is 236 g/mol. The fourth-order valence-electron chi connectivity index (χ4n) is 1.47. The zero-order valence-corrected chi connectivity index (χ0v) is 10.5. The van der Waals surface area contributed by atoms with Gasteiger partial charge in [-0.15, -0.1) is 0 Å². The summed E-state index contributed by atoms with van der Waals surface area (Å²) in [4.78, 5) is 11.6. The van der Waals surface area contributed by atoms with Crippen LogP contribution in [0.1, 0.15) is 25.3 Å². The largest absolute Gasteiger partial charge is 0.397 e. The van der Waals surface area contributed by atoms with Gasteiger partial charge < -0.3 is 15.8 Å². The Morgan fingerprint density at radius 3 is 2.94 bits per heavy atom. The van der Waals surface area contributed by atoms with Gasteiger partial charge in [0.15, 0.2) is 0 Å². The molecule has 0 heterocycles. The van der Waals surface area contributed by atoms with Crippen molar-refractivity contribution in [3.8, 4) is 0 Å². The van der Waals surface area contributed by atoms with E-state index in [0.717, 1.165) is 12.0 Å². The lowest BCUT2D eigenvalue weighted by molar-refractivity contribution is -0.116. The second kappa shape index (κ2) is 6.91. The minimum absolute atomic E-state index is 0.0259. The first kappa shape index (κ1) is 13.5. The number of rotatable bonds is 6. The van der Waals surface area contributed by atoms with Crippen LogP contribution in [-0.2, 0) is 9.53 Å². The summed E-state index contributed by atoms with van der Waals surface area (Å²) in [6.07, 6.45) is 1.18. The van der Waals surface area contributed by atoms with Crippen molar-refractivity contribution in [2.24, 2.45) is 0 Å². The predicted molar refractivity (Wildman–Crippen MR) is 69.9 cm³/mol. The van der Waals surface area contributed by atoms with Crippen molar-refractivity contribution in [3.05, 3.63) is 23.8 Å². The maximum absolute atomic E-state index is 11.6. The standard InChI is InChI=1S/C13H20N2O2/c1-3-17-8-4-5-13(16)15-12-9-10(2)6-7-11(12)14/h6-7,9H,3-5,8,14H2,1-2H3,(H,15,16). The Labute approximate surface area is 102 Å². The second-order valence-corrected chi connectivity index (χ2v) is 3.94. The van der Waals surface area contributed by atoms with Crippen molar-refractivity contribution in [3.63, 3.8) is 0 Å². The summed E-state index contributed by atoms with van der Waals surface area (Å²) in [5, 5.41) is 2.81. The van der Waals surface area contributed by atoms with Crippen molar-refractivity contribution in [1.82, 2.24) is 0 Å². The third-order valence-electron chi connectivity index (χ3n) is 2.38. The fourth-order valence-corrected chi connectivity index (χ4v) is 1.47. The number of carbonyl (C=O) groups excluding carboxylic acids is 1. The number of anilines is 2. The summed E-state index contributed by atoms with van der Waals surface area (Å²) >= 11 is 0. The lowest BCUT2D eigenvalue weighted by Crippen LogP contribution is -2.13. The SMILES string of the molecule is CCOCCCC(=O)Nc1cc(C)ccc1N. The molecule has 0 radical (unpaired) electrons. The molecule has 17 heavy (non-hydrogen) atoms. The van der Waals surface area contributed by atoms with Crippen LogP contribution in [0.3, 0.4) is 0 Å². The predicted octanol–water partition coefficient (Wildman–Crippen LogP) is 2.33. The van der Waals surface area contributed by atoms with Crippen LogP contribution >= 0.6 is 0 Å². The molecule has 0 aromatic heterocycles. The van der Waals surface area contributed by atoms with Gasteiger partial charge in [-0.1, -0.05) is 6.07 Å². The molecule has 1 aromatic rings. The number of hydrogen-bond acceptors (Lipinski definition) is 3. The highest BCUT2D eigenvalue weighted by Gasteiger charge is 2.05. The van der Waals surface area contributed by atoms with Crippen molar-refractivity contribution >= 4 is 17.3 Å². The lowest BCUT2D eigenvalue weighted by atomic mass is 10.2. The lowest BCUT2D eigenvalue weighted by Gasteiger charge is -2.09. The number of amides is 1. The van der Waals surface area contributed by atoms with E-state index in [9.17, 15) is 4.79 Å². The van der Waals surface area contributed by atoms with Crippen LogP contribution < -0.4 is 11.1 Å². The van der Waals surface area contributed by atoms with Gasteiger partial charge in [0.1, 0.15) is 0 Å². The molecule has 0 unspecified atom stereocenters. The third-order valence-corrected chi connectivity index (χ3v) is 2.38. The summed E-state index contributed by atoms with van der Waals surface area (Å²) in [7, 11) is 0. The highest BCUT2D eigenvalue weighted by Crippen LogP contribution is 2.19.